The summed E-state index contributed by atoms with van der Waals surface area (Å²) in [5.41, 5.74) is 0. The molecule has 0 saturated heterocycles. The van der Waals surface area contributed by atoms with E-state index in [1.807, 2.05) is 0 Å². The van der Waals surface area contributed by atoms with Gasteiger partial charge in [-0.25, -0.2) is 0 Å². The van der Waals surface area contributed by atoms with Crippen LogP contribution in [0.5, 0.6) is 0 Å². The summed E-state index contributed by atoms with van der Waals surface area (Å²) in [5.74, 6) is -0.894. The van der Waals surface area contributed by atoms with E-state index < -0.39 is 28.0 Å². The number of nitrogens with one attached hydrogen (secondary N) is 1. The van der Waals surface area contributed by atoms with E-state index in [1.54, 1.807) is 0 Å². The van der Waals surface area contributed by atoms with Crippen molar-refractivity contribution >= 4 is 16.0 Å². The third-order valence-electron chi connectivity index (χ3n) is 7.81. The maximum atomic E-state index is 12.3. The smallest absolute Gasteiger partial charge is 0.266 e. The second-order valence-corrected chi connectivity index (χ2v) is 13.3. The molecule has 7 heteroatoms. The molecule has 0 fully saturated rings. The van der Waals surface area contributed by atoms with E-state index in [-0.39, 0.29) is 5.91 Å². The van der Waals surface area contributed by atoms with Crippen LogP contribution >= 0.6 is 0 Å². The van der Waals surface area contributed by atoms with Crippen molar-refractivity contribution in [2.75, 3.05) is 5.75 Å². The zero-order chi connectivity index (χ0) is 29.0. The Morgan fingerprint density at radius 2 is 0.923 bits per heavy atom. The third kappa shape index (κ3) is 28.7. The van der Waals surface area contributed by atoms with Crippen molar-refractivity contribution in [3.8, 4) is 0 Å². The first kappa shape index (κ1) is 38.3. The van der Waals surface area contributed by atoms with Crippen molar-refractivity contribution in [2.45, 2.75) is 193 Å². The van der Waals surface area contributed by atoms with E-state index in [2.05, 4.69) is 19.2 Å². The van der Waals surface area contributed by atoms with Crippen LogP contribution in [0.4, 0.5) is 0 Å². The average Bonchev–Trinajstić information content (AvgIpc) is 2.88. The molecule has 2 unspecified atom stereocenters. The molecule has 0 aliphatic rings. The summed E-state index contributed by atoms with van der Waals surface area (Å²) in [4.78, 5) is 12.3. The molecule has 0 spiro atoms. The van der Waals surface area contributed by atoms with Gasteiger partial charge in [0.05, 0.1) is 17.9 Å². The van der Waals surface area contributed by atoms with Gasteiger partial charge in [-0.15, -0.1) is 0 Å². The highest BCUT2D eigenvalue weighted by Crippen LogP contribution is 2.16. The lowest BCUT2D eigenvalue weighted by Crippen LogP contribution is -2.47. The molecule has 0 aromatic rings. The number of hydrogen-bond donors (Lipinski definition) is 3. The summed E-state index contributed by atoms with van der Waals surface area (Å²) < 4.78 is 32.2. The molecule has 0 aliphatic carbocycles. The van der Waals surface area contributed by atoms with Crippen molar-refractivity contribution in [1.29, 1.82) is 0 Å². The minimum absolute atomic E-state index is 0.251. The number of carbonyl (C=O) groups excluding carboxylic acids is 1. The predicted octanol–water partition coefficient (Wildman–Crippen LogP) is 8.90. The van der Waals surface area contributed by atoms with Gasteiger partial charge in [-0.05, 0) is 12.8 Å². The fraction of sp³-hybridized carbons (Fsp3) is 0.969. The number of rotatable bonds is 30. The molecule has 0 aromatic carbocycles. The SMILES string of the molecule is CCCCCCCCCCCCCCCCCCCC(O)C(CS(=O)(=O)O)NC(=O)CCCCCCCCC. The summed E-state index contributed by atoms with van der Waals surface area (Å²) in [6.45, 7) is 4.45. The maximum absolute atomic E-state index is 12.3. The average molecular weight is 576 g/mol. The molecule has 0 aromatic heterocycles. The number of aliphatic hydroxyl groups excluding tert-OH is 1. The molecule has 39 heavy (non-hydrogen) atoms. The van der Waals surface area contributed by atoms with Gasteiger partial charge in [0.2, 0.25) is 5.91 Å². The van der Waals surface area contributed by atoms with Crippen LogP contribution < -0.4 is 5.32 Å². The third-order valence-corrected chi connectivity index (χ3v) is 8.59. The Morgan fingerprint density at radius 3 is 1.28 bits per heavy atom. The van der Waals surface area contributed by atoms with Crippen molar-refractivity contribution in [2.24, 2.45) is 0 Å². The minimum Gasteiger partial charge on any atom is -0.391 e. The molecule has 0 heterocycles. The fourth-order valence-corrected chi connectivity index (χ4v) is 6.04. The number of hydrogen-bond acceptors (Lipinski definition) is 4. The van der Waals surface area contributed by atoms with Gasteiger partial charge in [0.25, 0.3) is 10.1 Å². The van der Waals surface area contributed by atoms with Gasteiger partial charge >= 0.3 is 0 Å². The molecule has 0 bridgehead atoms. The van der Waals surface area contributed by atoms with Crippen LogP contribution in [0.2, 0.25) is 0 Å². The summed E-state index contributed by atoms with van der Waals surface area (Å²) in [6.07, 6.45) is 29.2. The van der Waals surface area contributed by atoms with E-state index >= 15 is 0 Å². The molecule has 234 valence electrons. The molecule has 0 radical (unpaired) electrons. The molecular formula is C32H65NO5S. The van der Waals surface area contributed by atoms with Crippen LogP contribution in [-0.4, -0.2) is 41.9 Å². The van der Waals surface area contributed by atoms with E-state index in [1.165, 1.54) is 116 Å². The Morgan fingerprint density at radius 1 is 0.590 bits per heavy atom. The summed E-state index contributed by atoms with van der Waals surface area (Å²) >= 11 is 0. The zero-order valence-electron chi connectivity index (χ0n) is 25.8. The number of unbranched alkanes of at least 4 members (excludes halogenated alkanes) is 22. The minimum atomic E-state index is -4.29. The standard InChI is InChI=1S/C32H65NO5S/c1-3-5-7-9-11-12-13-14-15-16-17-18-19-20-22-23-25-27-31(34)30(29-39(36,37)38)33-32(35)28-26-24-21-10-8-6-4-2/h30-31,34H,3-29H2,1-2H3,(H,33,35)(H,36,37,38). The number of amides is 1. The molecule has 1 amide bonds. The Kier molecular flexibility index (Phi) is 27.0. The lowest BCUT2D eigenvalue weighted by molar-refractivity contribution is -0.122. The maximum Gasteiger partial charge on any atom is 0.266 e. The number of carbonyl (C=O) groups is 1. The second-order valence-electron chi connectivity index (χ2n) is 11.8. The van der Waals surface area contributed by atoms with Crippen molar-refractivity contribution in [1.82, 2.24) is 5.32 Å². The van der Waals surface area contributed by atoms with Gasteiger partial charge in [0.15, 0.2) is 0 Å². The van der Waals surface area contributed by atoms with Crippen LogP contribution in [0.15, 0.2) is 0 Å². The van der Waals surface area contributed by atoms with E-state index in [4.69, 9.17) is 0 Å². The Labute approximate surface area is 242 Å². The first-order valence-electron chi connectivity index (χ1n) is 16.7. The van der Waals surface area contributed by atoms with Gasteiger partial charge in [0.1, 0.15) is 0 Å². The van der Waals surface area contributed by atoms with Gasteiger partial charge < -0.3 is 10.4 Å². The molecule has 2 atom stereocenters. The Hall–Kier alpha value is -0.660. The summed E-state index contributed by atoms with van der Waals surface area (Å²) in [5, 5.41) is 13.2. The van der Waals surface area contributed by atoms with E-state index in [0.29, 0.717) is 12.8 Å². The summed E-state index contributed by atoms with van der Waals surface area (Å²) in [7, 11) is -4.29. The van der Waals surface area contributed by atoms with Crippen LogP contribution in [0.3, 0.4) is 0 Å². The highest BCUT2D eigenvalue weighted by Gasteiger charge is 2.26. The molecular weight excluding hydrogens is 510 g/mol. The molecule has 0 saturated carbocycles. The van der Waals surface area contributed by atoms with Crippen LogP contribution in [0, 0.1) is 0 Å². The molecule has 6 nitrogen and oxygen atoms in total. The Bertz CT molecular complexity index is 640. The van der Waals surface area contributed by atoms with E-state index in [9.17, 15) is 22.9 Å². The largest absolute Gasteiger partial charge is 0.391 e. The fourth-order valence-electron chi connectivity index (χ4n) is 5.28. The highest BCUT2D eigenvalue weighted by atomic mass is 32.2. The second kappa shape index (κ2) is 27.5. The van der Waals surface area contributed by atoms with Crippen molar-refractivity contribution < 1.29 is 22.9 Å². The zero-order valence-corrected chi connectivity index (χ0v) is 26.6. The van der Waals surface area contributed by atoms with Crippen LogP contribution in [0.25, 0.3) is 0 Å². The van der Waals surface area contributed by atoms with Crippen molar-refractivity contribution in [3.63, 3.8) is 0 Å². The summed E-state index contributed by atoms with van der Waals surface area (Å²) in [6, 6.07) is -0.960. The van der Waals surface area contributed by atoms with Crippen LogP contribution in [0.1, 0.15) is 181 Å². The first-order chi connectivity index (χ1) is 18.8. The lowest BCUT2D eigenvalue weighted by atomic mass is 10.0. The topological polar surface area (TPSA) is 104 Å². The molecule has 0 aliphatic heterocycles. The first-order valence-corrected chi connectivity index (χ1v) is 18.3. The molecule has 0 rings (SSSR count). The van der Waals surface area contributed by atoms with Gasteiger partial charge in [-0.1, -0.05) is 162 Å². The quantitative estimate of drug-likeness (QED) is 0.0586. The monoisotopic (exact) mass is 575 g/mol. The van der Waals surface area contributed by atoms with Crippen LogP contribution in [-0.2, 0) is 14.9 Å². The highest BCUT2D eigenvalue weighted by molar-refractivity contribution is 7.85. The number of aliphatic hydroxyl groups is 1. The predicted molar refractivity (Wildman–Crippen MR) is 166 cm³/mol. The van der Waals surface area contributed by atoms with Gasteiger partial charge in [-0.3, -0.25) is 9.35 Å². The lowest BCUT2D eigenvalue weighted by Gasteiger charge is -2.23. The normalized spacial score (nSPS) is 13.4. The van der Waals surface area contributed by atoms with Gasteiger partial charge in [-0.2, -0.15) is 8.42 Å². The van der Waals surface area contributed by atoms with E-state index in [0.717, 1.165) is 38.5 Å². The van der Waals surface area contributed by atoms with Gasteiger partial charge in [0, 0.05) is 6.42 Å². The Balaban J connectivity index is 3.85. The molecule has 3 N–H and O–H groups in total. The van der Waals surface area contributed by atoms with Crippen molar-refractivity contribution in [3.05, 3.63) is 0 Å².